The lowest BCUT2D eigenvalue weighted by atomic mass is 10.4. The van der Waals surface area contributed by atoms with E-state index in [-0.39, 0.29) is 11.0 Å². The van der Waals surface area contributed by atoms with Crippen molar-refractivity contribution in [2.45, 2.75) is 0 Å². The lowest BCUT2D eigenvalue weighted by molar-refractivity contribution is 0.823. The molecule has 0 unspecified atom stereocenters. The van der Waals surface area contributed by atoms with Crippen LogP contribution in [0.4, 0.5) is 0 Å². The van der Waals surface area contributed by atoms with E-state index in [1.807, 2.05) is 36.4 Å². The minimum atomic E-state index is 0. The first-order chi connectivity index (χ1) is 3.00. The average Bonchev–Trinajstić information content (AvgIpc) is 1.72. The van der Waals surface area contributed by atoms with Crippen molar-refractivity contribution in [2.24, 2.45) is 0 Å². The van der Waals surface area contributed by atoms with Crippen LogP contribution in [-0.2, 0) is 0 Å². The summed E-state index contributed by atoms with van der Waals surface area (Å²) in [5.74, 6) is 0. The Bertz CT molecular complexity index is 78.5. The molecule has 2 nitrogen and oxygen atoms in total. The summed E-state index contributed by atoms with van der Waals surface area (Å²) in [7, 11) is 0. The summed E-state index contributed by atoms with van der Waals surface area (Å²) < 4.78 is 0. The van der Waals surface area contributed by atoms with Crippen LogP contribution in [-0.4, -0.2) is 11.0 Å². The first kappa shape index (κ1) is 10.2. The normalized spacial score (nSPS) is 6.00. The largest absolute Gasteiger partial charge is 0.412 e. The van der Waals surface area contributed by atoms with Crippen LogP contribution >= 0.6 is 0 Å². The Morgan fingerprint density at radius 2 is 0.500 bits per heavy atom. The molecule has 0 aromatic heterocycles. The SMILES string of the molecule is O.O.c1ccccc1. The Balaban J connectivity index is 0. The number of hydrogen-bond acceptors (Lipinski definition) is 0. The van der Waals surface area contributed by atoms with E-state index in [1.54, 1.807) is 0 Å². The molecule has 0 aliphatic heterocycles. The third-order valence-corrected chi connectivity index (χ3v) is 0.667. The molecule has 0 saturated carbocycles. The van der Waals surface area contributed by atoms with Crippen molar-refractivity contribution in [1.82, 2.24) is 0 Å². The van der Waals surface area contributed by atoms with Crippen LogP contribution < -0.4 is 0 Å². The molecule has 0 amide bonds. The van der Waals surface area contributed by atoms with Gasteiger partial charge in [0.05, 0.1) is 0 Å². The van der Waals surface area contributed by atoms with Crippen LogP contribution in [0.5, 0.6) is 0 Å². The van der Waals surface area contributed by atoms with Crippen molar-refractivity contribution in [2.75, 3.05) is 0 Å². The van der Waals surface area contributed by atoms with Gasteiger partial charge in [-0.05, 0) is 0 Å². The highest BCUT2D eigenvalue weighted by atomic mass is 16.0. The Kier molecular flexibility index (Phi) is 7.82. The van der Waals surface area contributed by atoms with Gasteiger partial charge in [-0.2, -0.15) is 0 Å². The molecule has 2 heteroatoms. The van der Waals surface area contributed by atoms with Gasteiger partial charge in [0.25, 0.3) is 0 Å². The molecule has 8 heavy (non-hydrogen) atoms. The van der Waals surface area contributed by atoms with E-state index in [9.17, 15) is 0 Å². The van der Waals surface area contributed by atoms with Gasteiger partial charge in [0, 0.05) is 0 Å². The predicted molar refractivity (Wildman–Crippen MR) is 33.7 cm³/mol. The second kappa shape index (κ2) is 6.14. The molecular formula is C6H10O2. The predicted octanol–water partition coefficient (Wildman–Crippen LogP) is 0.0372. The topological polar surface area (TPSA) is 63.0 Å². The van der Waals surface area contributed by atoms with Crippen LogP contribution in [0.25, 0.3) is 0 Å². The third kappa shape index (κ3) is 3.33. The summed E-state index contributed by atoms with van der Waals surface area (Å²) >= 11 is 0. The van der Waals surface area contributed by atoms with E-state index in [1.165, 1.54) is 0 Å². The van der Waals surface area contributed by atoms with Gasteiger partial charge in [-0.1, -0.05) is 36.4 Å². The minimum absolute atomic E-state index is 0. The van der Waals surface area contributed by atoms with Crippen molar-refractivity contribution in [3.05, 3.63) is 36.4 Å². The van der Waals surface area contributed by atoms with E-state index in [0.29, 0.717) is 0 Å². The molecule has 0 saturated heterocycles. The molecular weight excluding hydrogens is 104 g/mol. The summed E-state index contributed by atoms with van der Waals surface area (Å²) in [5.41, 5.74) is 0. The summed E-state index contributed by atoms with van der Waals surface area (Å²) in [5, 5.41) is 0. The summed E-state index contributed by atoms with van der Waals surface area (Å²) in [4.78, 5) is 0. The molecule has 0 aliphatic carbocycles. The van der Waals surface area contributed by atoms with Crippen LogP contribution in [0.1, 0.15) is 0 Å². The molecule has 0 aliphatic rings. The Hall–Kier alpha value is -0.860. The highest BCUT2D eigenvalue weighted by Crippen LogP contribution is 1.79. The lowest BCUT2D eigenvalue weighted by Gasteiger charge is -1.69. The monoisotopic (exact) mass is 114 g/mol. The first-order valence-corrected chi connectivity index (χ1v) is 2.00. The molecule has 0 bridgehead atoms. The summed E-state index contributed by atoms with van der Waals surface area (Å²) in [6.07, 6.45) is 0. The van der Waals surface area contributed by atoms with Crippen LogP contribution in [0.15, 0.2) is 36.4 Å². The smallest absolute Gasteiger partial charge is 0.0623 e. The van der Waals surface area contributed by atoms with Gasteiger partial charge in [0.15, 0.2) is 0 Å². The van der Waals surface area contributed by atoms with Gasteiger partial charge in [0.2, 0.25) is 0 Å². The number of rotatable bonds is 0. The van der Waals surface area contributed by atoms with E-state index >= 15 is 0 Å². The standard InChI is InChI=1S/C6H6.2H2O/c1-2-4-6-5-3-1;;/h1-6H;2*1H2. The van der Waals surface area contributed by atoms with Crippen molar-refractivity contribution >= 4 is 0 Å². The van der Waals surface area contributed by atoms with Crippen LogP contribution in [0.2, 0.25) is 0 Å². The van der Waals surface area contributed by atoms with E-state index in [2.05, 4.69) is 0 Å². The molecule has 4 N–H and O–H groups in total. The second-order valence-corrected chi connectivity index (χ2v) is 1.15. The first-order valence-electron chi connectivity index (χ1n) is 2.00. The van der Waals surface area contributed by atoms with Crippen LogP contribution in [0, 0.1) is 0 Å². The maximum atomic E-state index is 2.00. The third-order valence-electron chi connectivity index (χ3n) is 0.667. The molecule has 0 radical (unpaired) electrons. The van der Waals surface area contributed by atoms with Crippen molar-refractivity contribution < 1.29 is 11.0 Å². The Morgan fingerprint density at radius 1 is 0.375 bits per heavy atom. The number of hydrogen-bond donors (Lipinski definition) is 0. The Morgan fingerprint density at radius 3 is 0.625 bits per heavy atom. The lowest BCUT2D eigenvalue weighted by Crippen LogP contribution is -1.47. The fourth-order valence-electron chi connectivity index (χ4n) is 0.385. The average molecular weight is 114 g/mol. The van der Waals surface area contributed by atoms with Gasteiger partial charge in [-0.15, -0.1) is 0 Å². The van der Waals surface area contributed by atoms with Crippen LogP contribution in [0.3, 0.4) is 0 Å². The molecule has 46 valence electrons. The minimum Gasteiger partial charge on any atom is -0.412 e. The van der Waals surface area contributed by atoms with Gasteiger partial charge >= 0.3 is 0 Å². The van der Waals surface area contributed by atoms with Crippen molar-refractivity contribution in [3.8, 4) is 0 Å². The highest BCUT2D eigenvalue weighted by molar-refractivity contribution is 4.99. The zero-order chi connectivity index (χ0) is 4.24. The number of benzene rings is 1. The van der Waals surface area contributed by atoms with Gasteiger partial charge in [-0.25, -0.2) is 0 Å². The van der Waals surface area contributed by atoms with E-state index in [4.69, 9.17) is 0 Å². The van der Waals surface area contributed by atoms with Gasteiger partial charge < -0.3 is 11.0 Å². The van der Waals surface area contributed by atoms with E-state index in [0.717, 1.165) is 0 Å². The highest BCUT2D eigenvalue weighted by Gasteiger charge is 1.57. The maximum absolute atomic E-state index is 2.00. The van der Waals surface area contributed by atoms with E-state index < -0.39 is 0 Å². The maximum Gasteiger partial charge on any atom is -0.0623 e. The van der Waals surface area contributed by atoms with Crippen molar-refractivity contribution in [1.29, 1.82) is 0 Å². The quantitative estimate of drug-likeness (QED) is 0.457. The molecule has 1 rings (SSSR count). The zero-order valence-electron chi connectivity index (χ0n) is 4.46. The molecule has 0 heterocycles. The molecule has 0 fully saturated rings. The molecule has 0 atom stereocenters. The Labute approximate surface area is 48.4 Å². The summed E-state index contributed by atoms with van der Waals surface area (Å²) in [6, 6.07) is 12.0. The van der Waals surface area contributed by atoms with Gasteiger partial charge in [0.1, 0.15) is 0 Å². The van der Waals surface area contributed by atoms with Crippen molar-refractivity contribution in [3.63, 3.8) is 0 Å². The molecule has 1 aromatic rings. The van der Waals surface area contributed by atoms with Gasteiger partial charge in [-0.3, -0.25) is 0 Å². The molecule has 0 spiro atoms. The second-order valence-electron chi connectivity index (χ2n) is 1.15. The summed E-state index contributed by atoms with van der Waals surface area (Å²) in [6.45, 7) is 0. The fraction of sp³-hybridized carbons (Fsp3) is 0. The zero-order valence-corrected chi connectivity index (χ0v) is 4.46. The molecule has 1 aromatic carbocycles. The fourth-order valence-corrected chi connectivity index (χ4v) is 0.385.